The first kappa shape index (κ1) is 14.3. The molecule has 0 fully saturated rings. The highest BCUT2D eigenvalue weighted by atomic mass is 19.1. The molecular formula is C17H10F2N4O. The molecule has 0 aliphatic heterocycles. The van der Waals surface area contributed by atoms with Gasteiger partial charge in [0.1, 0.15) is 17.3 Å². The van der Waals surface area contributed by atoms with Crippen molar-refractivity contribution in [2.24, 2.45) is 0 Å². The summed E-state index contributed by atoms with van der Waals surface area (Å²) < 4.78 is 28.3. The fourth-order valence-corrected chi connectivity index (χ4v) is 2.55. The number of halogens is 2. The van der Waals surface area contributed by atoms with Gasteiger partial charge in [0.15, 0.2) is 0 Å². The first-order valence-corrected chi connectivity index (χ1v) is 7.11. The zero-order valence-corrected chi connectivity index (χ0v) is 12.2. The molecule has 1 N–H and O–H groups in total. The number of pyridine rings is 1. The Hall–Kier alpha value is -3.35. The predicted octanol–water partition coefficient (Wildman–Crippen LogP) is 3.03. The van der Waals surface area contributed by atoms with Gasteiger partial charge in [-0.1, -0.05) is 6.07 Å². The van der Waals surface area contributed by atoms with E-state index in [-0.39, 0.29) is 11.3 Å². The molecule has 4 rings (SSSR count). The summed E-state index contributed by atoms with van der Waals surface area (Å²) in [5, 5.41) is 4.05. The van der Waals surface area contributed by atoms with E-state index >= 15 is 0 Å². The van der Waals surface area contributed by atoms with Crippen molar-refractivity contribution in [1.29, 1.82) is 0 Å². The van der Waals surface area contributed by atoms with E-state index in [4.69, 9.17) is 0 Å². The van der Waals surface area contributed by atoms with Crippen LogP contribution in [0.2, 0.25) is 0 Å². The minimum Gasteiger partial charge on any atom is -0.339 e. The summed E-state index contributed by atoms with van der Waals surface area (Å²) in [5.41, 5.74) is 1.54. The zero-order valence-electron chi connectivity index (χ0n) is 12.2. The molecule has 3 aromatic heterocycles. The van der Waals surface area contributed by atoms with E-state index in [1.807, 2.05) is 6.07 Å². The molecule has 24 heavy (non-hydrogen) atoms. The van der Waals surface area contributed by atoms with Crippen LogP contribution in [0.1, 0.15) is 0 Å². The summed E-state index contributed by atoms with van der Waals surface area (Å²) in [4.78, 5) is 19.5. The zero-order chi connectivity index (χ0) is 16.7. The van der Waals surface area contributed by atoms with Crippen LogP contribution < -0.4 is 5.56 Å². The lowest BCUT2D eigenvalue weighted by Crippen LogP contribution is -2.14. The Kier molecular flexibility index (Phi) is 3.19. The van der Waals surface area contributed by atoms with Crippen molar-refractivity contribution in [3.8, 4) is 22.5 Å². The molecule has 4 aromatic rings. The second-order valence-electron chi connectivity index (χ2n) is 5.18. The van der Waals surface area contributed by atoms with Crippen molar-refractivity contribution < 1.29 is 8.78 Å². The van der Waals surface area contributed by atoms with Gasteiger partial charge >= 0.3 is 0 Å². The molecule has 1 aromatic carbocycles. The Morgan fingerprint density at radius 1 is 1.04 bits per heavy atom. The summed E-state index contributed by atoms with van der Waals surface area (Å²) in [6, 6.07) is 9.78. The maximum Gasteiger partial charge on any atom is 0.274 e. The van der Waals surface area contributed by atoms with Crippen LogP contribution in [-0.2, 0) is 0 Å². The molecule has 0 amide bonds. The van der Waals surface area contributed by atoms with Crippen molar-refractivity contribution in [3.63, 3.8) is 0 Å². The molecule has 0 aliphatic carbocycles. The maximum atomic E-state index is 14.0. The lowest BCUT2D eigenvalue weighted by Gasteiger charge is -2.06. The van der Waals surface area contributed by atoms with Gasteiger partial charge in [-0.3, -0.25) is 9.78 Å². The summed E-state index contributed by atoms with van der Waals surface area (Å²) in [7, 11) is 0. The molecule has 0 atom stereocenters. The third-order valence-electron chi connectivity index (χ3n) is 3.66. The fourth-order valence-electron chi connectivity index (χ4n) is 2.55. The van der Waals surface area contributed by atoms with E-state index in [1.165, 1.54) is 22.8 Å². The molecule has 7 heteroatoms. The monoisotopic (exact) mass is 324 g/mol. The summed E-state index contributed by atoms with van der Waals surface area (Å²) in [5.74, 6) is -1.44. The number of fused-ring (bicyclic) bond motifs is 1. The number of hydrogen-bond acceptors (Lipinski definition) is 3. The van der Waals surface area contributed by atoms with E-state index in [0.717, 1.165) is 12.1 Å². The molecule has 0 unspecified atom stereocenters. The molecule has 3 heterocycles. The fraction of sp³-hybridized carbons (Fsp3) is 0. The molecule has 0 spiro atoms. The van der Waals surface area contributed by atoms with Gasteiger partial charge in [0.05, 0.1) is 23.1 Å². The number of aromatic amines is 1. The Balaban J connectivity index is 1.98. The van der Waals surface area contributed by atoms with Gasteiger partial charge in [0.25, 0.3) is 5.56 Å². The molecular weight excluding hydrogens is 314 g/mol. The second kappa shape index (κ2) is 5.38. The first-order chi connectivity index (χ1) is 11.6. The molecule has 5 nitrogen and oxygen atoms in total. The van der Waals surface area contributed by atoms with Gasteiger partial charge in [-0.15, -0.1) is 0 Å². The lowest BCUT2D eigenvalue weighted by molar-refractivity contribution is 0.585. The van der Waals surface area contributed by atoms with E-state index in [2.05, 4.69) is 15.1 Å². The number of rotatable bonds is 2. The normalized spacial score (nSPS) is 11.1. The van der Waals surface area contributed by atoms with Crippen LogP contribution in [-0.4, -0.2) is 19.6 Å². The largest absolute Gasteiger partial charge is 0.339 e. The third kappa shape index (κ3) is 2.26. The van der Waals surface area contributed by atoms with Crippen molar-refractivity contribution in [2.75, 3.05) is 0 Å². The predicted molar refractivity (Wildman–Crippen MR) is 84.4 cm³/mol. The molecule has 0 saturated heterocycles. The Bertz CT molecular complexity index is 1100. The lowest BCUT2D eigenvalue weighted by atomic mass is 10.1. The number of nitrogens with zero attached hydrogens (tertiary/aromatic N) is 3. The smallest absolute Gasteiger partial charge is 0.274 e. The van der Waals surface area contributed by atoms with Crippen molar-refractivity contribution >= 4 is 5.65 Å². The van der Waals surface area contributed by atoms with Crippen molar-refractivity contribution in [3.05, 3.63) is 76.8 Å². The van der Waals surface area contributed by atoms with E-state index in [1.54, 1.807) is 18.3 Å². The number of aromatic nitrogens is 4. The van der Waals surface area contributed by atoms with Gasteiger partial charge in [-0.25, -0.2) is 8.78 Å². The summed E-state index contributed by atoms with van der Waals surface area (Å²) in [6.45, 7) is 0. The van der Waals surface area contributed by atoms with Crippen LogP contribution in [0.5, 0.6) is 0 Å². The highest BCUT2D eigenvalue weighted by Gasteiger charge is 2.14. The van der Waals surface area contributed by atoms with Crippen LogP contribution in [0.25, 0.3) is 28.2 Å². The van der Waals surface area contributed by atoms with E-state index in [0.29, 0.717) is 16.9 Å². The minimum absolute atomic E-state index is 0.101. The Morgan fingerprint density at radius 2 is 1.92 bits per heavy atom. The Labute approximate surface area is 134 Å². The first-order valence-electron chi connectivity index (χ1n) is 7.11. The van der Waals surface area contributed by atoms with Crippen molar-refractivity contribution in [1.82, 2.24) is 19.6 Å². The standard InChI is InChI=1S/C17H10F2N4O/c18-10-4-5-11(13(19)7-10)15-8-16(24)23-17(22-15)12(9-21-23)14-3-1-2-6-20-14/h1-9,22H. The second-order valence-corrected chi connectivity index (χ2v) is 5.18. The van der Waals surface area contributed by atoms with Gasteiger partial charge in [0.2, 0.25) is 0 Å². The summed E-state index contributed by atoms with van der Waals surface area (Å²) >= 11 is 0. The van der Waals surface area contributed by atoms with Crippen LogP contribution in [0.4, 0.5) is 8.78 Å². The van der Waals surface area contributed by atoms with E-state index < -0.39 is 17.2 Å². The molecule has 0 bridgehead atoms. The average molecular weight is 324 g/mol. The molecule has 0 saturated carbocycles. The van der Waals surface area contributed by atoms with E-state index in [9.17, 15) is 13.6 Å². The number of benzene rings is 1. The topological polar surface area (TPSA) is 63.0 Å². The van der Waals surface area contributed by atoms with Crippen LogP contribution in [0, 0.1) is 11.6 Å². The van der Waals surface area contributed by atoms with Crippen LogP contribution in [0.15, 0.2) is 59.7 Å². The minimum atomic E-state index is -0.756. The maximum absolute atomic E-state index is 14.0. The Morgan fingerprint density at radius 3 is 2.67 bits per heavy atom. The van der Waals surface area contributed by atoms with Crippen molar-refractivity contribution in [2.45, 2.75) is 0 Å². The highest BCUT2D eigenvalue weighted by Crippen LogP contribution is 2.24. The van der Waals surface area contributed by atoms with Crippen LogP contribution >= 0.6 is 0 Å². The third-order valence-corrected chi connectivity index (χ3v) is 3.66. The molecule has 118 valence electrons. The molecule has 0 aliphatic rings. The number of hydrogen-bond donors (Lipinski definition) is 1. The summed E-state index contributed by atoms with van der Waals surface area (Å²) in [6.07, 6.45) is 3.14. The quantitative estimate of drug-likeness (QED) is 0.616. The molecule has 0 radical (unpaired) electrons. The highest BCUT2D eigenvalue weighted by molar-refractivity contribution is 5.76. The SMILES string of the molecule is O=c1cc(-c2ccc(F)cc2F)[nH]c2c(-c3ccccn3)cnn12. The number of H-pyrrole nitrogens is 1. The van der Waals surface area contributed by atoms with Crippen LogP contribution in [0.3, 0.4) is 0 Å². The van der Waals surface area contributed by atoms with Gasteiger partial charge in [-0.2, -0.15) is 9.61 Å². The van der Waals surface area contributed by atoms with Gasteiger partial charge < -0.3 is 4.98 Å². The van der Waals surface area contributed by atoms with Gasteiger partial charge in [0, 0.05) is 23.9 Å². The van der Waals surface area contributed by atoms with Gasteiger partial charge in [-0.05, 0) is 24.3 Å². The number of nitrogens with one attached hydrogen (secondary N) is 1. The average Bonchev–Trinajstić information content (AvgIpc) is 3.00.